The van der Waals surface area contributed by atoms with Crippen LogP contribution < -0.4 is 10.1 Å². The van der Waals surface area contributed by atoms with Crippen molar-refractivity contribution >= 4 is 39.0 Å². The van der Waals surface area contributed by atoms with Crippen molar-refractivity contribution in [3.63, 3.8) is 0 Å². The van der Waals surface area contributed by atoms with Crippen molar-refractivity contribution in [3.8, 4) is 0 Å². The number of nitrogens with one attached hydrogen (secondary N) is 1. The summed E-state index contributed by atoms with van der Waals surface area (Å²) in [7, 11) is -3.92. The zero-order valence-corrected chi connectivity index (χ0v) is 16.3. The van der Waals surface area contributed by atoms with Gasteiger partial charge in [0, 0.05) is 18.2 Å². The molecule has 2 rings (SSSR count). The van der Waals surface area contributed by atoms with E-state index in [1.807, 2.05) is 27.7 Å². The third-order valence-corrected chi connectivity index (χ3v) is 7.85. The van der Waals surface area contributed by atoms with E-state index in [2.05, 4.69) is 5.32 Å². The second-order valence-electron chi connectivity index (χ2n) is 6.90. The zero-order valence-electron chi connectivity index (χ0n) is 14.7. The quantitative estimate of drug-likeness (QED) is 0.601. The molecule has 2 heterocycles. The summed E-state index contributed by atoms with van der Waals surface area (Å²) in [6.45, 7) is 9.59. The molecule has 1 aliphatic heterocycles. The Hall–Kier alpha value is -0.895. The van der Waals surface area contributed by atoms with Gasteiger partial charge < -0.3 is 14.6 Å². The summed E-state index contributed by atoms with van der Waals surface area (Å²) in [5.74, 6) is -0.164. The molecule has 1 aliphatic rings. The number of amides is 1. The first-order valence-electron chi connectivity index (χ1n) is 7.87. The van der Waals surface area contributed by atoms with Gasteiger partial charge in [0.05, 0.1) is 17.0 Å². The Balaban J connectivity index is 2.04. The second kappa shape index (κ2) is 6.78. The predicted molar refractivity (Wildman–Crippen MR) is 95.4 cm³/mol. The van der Waals surface area contributed by atoms with Crippen LogP contribution in [0.1, 0.15) is 41.0 Å². The molecule has 0 atom stereocenters. The first-order chi connectivity index (χ1) is 10.9. The molecule has 0 saturated carbocycles. The lowest BCUT2D eigenvalue weighted by Gasteiger charge is -2.32. The minimum Gasteiger partial charge on any atom is -0.399 e. The van der Waals surface area contributed by atoms with Crippen LogP contribution >= 0.6 is 11.3 Å². The summed E-state index contributed by atoms with van der Waals surface area (Å²) >= 11 is 1.18. The summed E-state index contributed by atoms with van der Waals surface area (Å²) in [4.78, 5) is 10.8. The number of carbonyl (C=O) groups excluding carboxylic acids is 1. The highest BCUT2D eigenvalue weighted by molar-refractivity contribution is 7.93. The van der Waals surface area contributed by atoms with Gasteiger partial charge in [-0.25, -0.2) is 8.42 Å². The maximum atomic E-state index is 12.4. The smallest absolute Gasteiger partial charge is 0.399 e. The summed E-state index contributed by atoms with van der Waals surface area (Å²) in [5, 5.41) is 2.60. The fraction of sp³-hybridized carbons (Fsp3) is 0.667. The number of carbonyl (C=O) groups is 1. The molecule has 1 N–H and O–H groups in total. The van der Waals surface area contributed by atoms with Gasteiger partial charge in [0.25, 0.3) is 0 Å². The van der Waals surface area contributed by atoms with Crippen molar-refractivity contribution in [2.45, 2.75) is 56.5 Å². The third kappa shape index (κ3) is 4.19. The second-order valence-corrected chi connectivity index (χ2v) is 10.4. The number of hydrogen-bond donors (Lipinski definition) is 1. The van der Waals surface area contributed by atoms with E-state index < -0.39 is 28.2 Å². The van der Waals surface area contributed by atoms with Crippen LogP contribution in [0, 0.1) is 0 Å². The molecule has 0 bridgehead atoms. The monoisotopic (exact) mass is 373 g/mol. The van der Waals surface area contributed by atoms with E-state index in [1.165, 1.54) is 18.3 Å². The van der Waals surface area contributed by atoms with Gasteiger partial charge in [-0.2, -0.15) is 0 Å². The maximum Gasteiger partial charge on any atom is 0.505 e. The molecule has 134 valence electrons. The summed E-state index contributed by atoms with van der Waals surface area (Å²) in [5.41, 5.74) is -0.919. The van der Waals surface area contributed by atoms with Crippen LogP contribution in [0.4, 0.5) is 0 Å². The fourth-order valence-corrected chi connectivity index (χ4v) is 4.96. The highest BCUT2D eigenvalue weighted by Crippen LogP contribution is 2.37. The molecule has 0 spiro atoms. The van der Waals surface area contributed by atoms with Crippen molar-refractivity contribution in [2.24, 2.45) is 0 Å². The Kier molecular flexibility index (Phi) is 5.49. The fourth-order valence-electron chi connectivity index (χ4n) is 2.21. The molecular weight excluding hydrogens is 349 g/mol. The lowest BCUT2D eigenvalue weighted by molar-refractivity contribution is -0.118. The molecule has 24 heavy (non-hydrogen) atoms. The highest BCUT2D eigenvalue weighted by Gasteiger charge is 2.52. The van der Waals surface area contributed by atoms with Crippen LogP contribution in [0.25, 0.3) is 0 Å². The summed E-state index contributed by atoms with van der Waals surface area (Å²) in [6, 6.07) is 3.34. The van der Waals surface area contributed by atoms with Gasteiger partial charge in [0.2, 0.25) is 5.91 Å². The molecule has 1 aromatic rings. The van der Waals surface area contributed by atoms with Crippen molar-refractivity contribution in [3.05, 3.63) is 12.1 Å². The van der Waals surface area contributed by atoms with Gasteiger partial charge in [0.1, 0.15) is 4.21 Å². The topological polar surface area (TPSA) is 81.7 Å². The SMILES string of the molecule is CC(=O)NCCCS(=O)(=O)c1ccc(B2OC(C)(C)C(C)(C)O2)s1. The van der Waals surface area contributed by atoms with Crippen LogP contribution in [-0.4, -0.2) is 44.9 Å². The lowest BCUT2D eigenvalue weighted by Crippen LogP contribution is -2.41. The Bertz CT molecular complexity index is 695. The van der Waals surface area contributed by atoms with Crippen molar-refractivity contribution in [2.75, 3.05) is 12.3 Å². The minimum atomic E-state index is -3.37. The Labute approximate surface area is 148 Å². The zero-order chi connectivity index (χ0) is 18.2. The van der Waals surface area contributed by atoms with E-state index in [9.17, 15) is 13.2 Å². The van der Waals surface area contributed by atoms with E-state index in [-0.39, 0.29) is 11.7 Å². The van der Waals surface area contributed by atoms with Gasteiger partial charge in [-0.3, -0.25) is 4.79 Å². The Morgan fingerprint density at radius 2 is 1.79 bits per heavy atom. The molecule has 0 unspecified atom stereocenters. The van der Waals surface area contributed by atoms with E-state index in [0.717, 1.165) is 4.78 Å². The standard InChI is InChI=1S/C15H24BNO5S2/c1-11(18)17-9-6-10-24(19,20)13-8-7-12(23-13)16-21-14(2,3)15(4,5)22-16/h7-8H,6,9-10H2,1-5H3,(H,17,18). The van der Waals surface area contributed by atoms with Crippen molar-refractivity contribution < 1.29 is 22.5 Å². The van der Waals surface area contributed by atoms with E-state index in [0.29, 0.717) is 17.2 Å². The van der Waals surface area contributed by atoms with Gasteiger partial charge in [0.15, 0.2) is 9.84 Å². The molecular formula is C15H24BNO5S2. The lowest BCUT2D eigenvalue weighted by atomic mass is 9.88. The van der Waals surface area contributed by atoms with Crippen LogP contribution in [0.3, 0.4) is 0 Å². The van der Waals surface area contributed by atoms with E-state index in [1.54, 1.807) is 12.1 Å². The van der Waals surface area contributed by atoms with Gasteiger partial charge in [-0.05, 0) is 40.2 Å². The molecule has 1 amide bonds. The van der Waals surface area contributed by atoms with E-state index >= 15 is 0 Å². The number of rotatable bonds is 6. The average Bonchev–Trinajstić information content (AvgIpc) is 2.99. The number of sulfone groups is 1. The molecule has 9 heteroatoms. The van der Waals surface area contributed by atoms with Gasteiger partial charge in [-0.1, -0.05) is 6.07 Å². The van der Waals surface area contributed by atoms with Crippen LogP contribution in [0.15, 0.2) is 16.3 Å². The van der Waals surface area contributed by atoms with Crippen molar-refractivity contribution in [1.29, 1.82) is 0 Å². The number of hydrogen-bond acceptors (Lipinski definition) is 6. The van der Waals surface area contributed by atoms with Crippen molar-refractivity contribution in [1.82, 2.24) is 5.32 Å². The largest absolute Gasteiger partial charge is 0.505 e. The third-order valence-electron chi connectivity index (χ3n) is 4.36. The van der Waals surface area contributed by atoms with Crippen LogP contribution in [-0.2, 0) is 23.9 Å². The molecule has 1 fully saturated rings. The molecule has 0 aliphatic carbocycles. The summed E-state index contributed by atoms with van der Waals surface area (Å²) < 4.78 is 37.7. The maximum absolute atomic E-state index is 12.4. The number of thiophene rings is 1. The average molecular weight is 373 g/mol. The molecule has 1 saturated heterocycles. The normalized spacial score (nSPS) is 19.5. The van der Waals surface area contributed by atoms with Crippen LogP contribution in [0.2, 0.25) is 0 Å². The first kappa shape index (κ1) is 19.4. The molecule has 0 radical (unpaired) electrons. The molecule has 0 aromatic carbocycles. The Morgan fingerprint density at radius 3 is 2.33 bits per heavy atom. The predicted octanol–water partition coefficient (Wildman–Crippen LogP) is 1.35. The van der Waals surface area contributed by atoms with E-state index in [4.69, 9.17) is 9.31 Å². The minimum absolute atomic E-state index is 0.00337. The first-order valence-corrected chi connectivity index (χ1v) is 10.3. The highest BCUT2D eigenvalue weighted by atomic mass is 32.2. The molecule has 1 aromatic heterocycles. The summed E-state index contributed by atoms with van der Waals surface area (Å²) in [6.07, 6.45) is 0.381. The Morgan fingerprint density at radius 1 is 1.21 bits per heavy atom. The van der Waals surface area contributed by atoms with Gasteiger partial charge >= 0.3 is 7.12 Å². The molecule has 6 nitrogen and oxygen atoms in total. The van der Waals surface area contributed by atoms with Gasteiger partial charge in [-0.15, -0.1) is 11.3 Å². The van der Waals surface area contributed by atoms with Crippen LogP contribution in [0.5, 0.6) is 0 Å².